The molecule has 10 aromatic carbocycles. The van der Waals surface area contributed by atoms with E-state index in [9.17, 15) is 106 Å². The Labute approximate surface area is 499 Å². The molecule has 10 aromatic rings. The van der Waals surface area contributed by atoms with E-state index in [4.69, 9.17) is 0 Å². The highest BCUT2D eigenvalue weighted by Crippen LogP contribution is 2.47. The topological polar surface area (TPSA) is 540 Å². The maximum Gasteiger partial charge on any atom is 0.298 e. The fraction of sp³-hybridized carbons (Fsp3) is 0. The smallest absolute Gasteiger partial charge is 0.298 e. The molecule has 0 bridgehead atoms. The normalized spacial score (nSPS) is 13.5. The summed E-state index contributed by atoms with van der Waals surface area (Å²) in [6, 6.07) is 21.4. The average Bonchev–Trinajstić information content (AvgIpc) is 1.42. The highest BCUT2D eigenvalue weighted by atomic mass is 32.2. The van der Waals surface area contributed by atoms with Gasteiger partial charge in [-0.3, -0.25) is 31.9 Å². The molecule has 458 valence electrons. The van der Waals surface area contributed by atoms with Crippen LogP contribution in [0.1, 0.15) is 0 Å². The maximum absolute atomic E-state index is 12.5. The molecular weight excluding hydrogens is 1320 g/mol. The summed E-state index contributed by atoms with van der Waals surface area (Å²) in [5.41, 5.74) is -2.11. The van der Waals surface area contributed by atoms with Crippen LogP contribution in [0.5, 0.6) is 17.2 Å². The number of phenolic OH excluding ortho intramolecular Hbond substituents is 3. The first-order valence-electron chi connectivity index (χ1n) is 23.8. The zero-order chi connectivity index (χ0) is 64.9. The molecule has 0 aliphatic rings. The molecule has 32 nitrogen and oxygen atoms in total. The summed E-state index contributed by atoms with van der Waals surface area (Å²) in [6.07, 6.45) is 0. The highest BCUT2D eigenvalue weighted by molar-refractivity contribution is 7.87. The van der Waals surface area contributed by atoms with Crippen molar-refractivity contribution in [3.8, 4) is 17.2 Å². The molecule has 10 N–H and O–H groups in total. The lowest BCUT2D eigenvalue weighted by molar-refractivity contribution is 0.441. The Hall–Kier alpha value is -9.33. The van der Waals surface area contributed by atoms with E-state index in [0.29, 0.717) is 18.2 Å². The van der Waals surface area contributed by atoms with Crippen LogP contribution in [0, 0.1) is 0 Å². The lowest BCUT2D eigenvalue weighted by Crippen LogP contribution is -2.01. The minimum atomic E-state index is -5.28. The van der Waals surface area contributed by atoms with Crippen molar-refractivity contribution >= 4 is 170 Å². The third kappa shape index (κ3) is 12.6. The van der Waals surface area contributed by atoms with Gasteiger partial charge in [0.15, 0.2) is 0 Å². The lowest BCUT2D eigenvalue weighted by atomic mass is 10.1. The molecule has 0 spiro atoms. The van der Waals surface area contributed by atoms with E-state index in [2.05, 4.69) is 40.9 Å². The van der Waals surface area contributed by atoms with Crippen LogP contribution in [0.25, 0.3) is 53.9 Å². The van der Waals surface area contributed by atoms with Crippen molar-refractivity contribution in [1.29, 1.82) is 0 Å². The highest BCUT2D eigenvalue weighted by Gasteiger charge is 2.28. The summed E-state index contributed by atoms with van der Waals surface area (Å²) in [5, 5.41) is 63.5. The van der Waals surface area contributed by atoms with Gasteiger partial charge in [0, 0.05) is 43.8 Å². The second kappa shape index (κ2) is 22.1. The van der Waals surface area contributed by atoms with E-state index in [0.717, 1.165) is 78.9 Å². The quantitative estimate of drug-likeness (QED) is 0.0337. The fourth-order valence-electron chi connectivity index (χ4n) is 9.03. The number of rotatable bonds is 15. The second-order valence-corrected chi connectivity index (χ2v) is 28.5. The molecule has 0 saturated heterocycles. The number of aromatic hydroxyl groups is 3. The predicted molar refractivity (Wildman–Crippen MR) is 310 cm³/mol. The van der Waals surface area contributed by atoms with Gasteiger partial charge >= 0.3 is 0 Å². The number of hydrogen-bond acceptors (Lipinski definition) is 25. The zero-order valence-electron chi connectivity index (χ0n) is 43.3. The molecule has 0 saturated carbocycles. The van der Waals surface area contributed by atoms with Gasteiger partial charge in [-0.15, -0.1) is 40.9 Å². The second-order valence-electron chi connectivity index (χ2n) is 18.6. The molecule has 0 aliphatic carbocycles. The SMILES string of the molecule is O=S(=O)(O)c1cc(O)c2c(N=Nc3ccc(N=Nc4ccc(N=Nc5ccc(N=Nc6cc(S(=O)(=O)O)c(O)c7ccc(S(=O)(=O)O)c(O)c67)c6cc(S(=O)(=O)O)ccc56)c5cc(S(=O)(=O)O)ccc45)c4cc(S(=O)(=O)O)ccc34)cc(S(=O)(=O)O)cc2c1. The lowest BCUT2D eigenvalue weighted by Gasteiger charge is -2.12. The average molecular weight is 1350 g/mol. The number of hydrogen-bond donors (Lipinski definition) is 10. The molecule has 0 amide bonds. The molecular formula is C50H32N8O24S7. The Bertz CT molecular complexity index is 5810. The van der Waals surface area contributed by atoms with Crippen molar-refractivity contribution in [2.24, 2.45) is 40.9 Å². The van der Waals surface area contributed by atoms with Gasteiger partial charge < -0.3 is 15.3 Å². The summed E-state index contributed by atoms with van der Waals surface area (Å²) < 4.78 is 241. The largest absolute Gasteiger partial charge is 0.507 e. The third-order valence-electron chi connectivity index (χ3n) is 13.0. The molecule has 89 heavy (non-hydrogen) atoms. The van der Waals surface area contributed by atoms with Crippen LogP contribution in [0.15, 0.2) is 209 Å². The Morgan fingerprint density at radius 2 is 0.539 bits per heavy atom. The van der Waals surface area contributed by atoms with Crippen molar-refractivity contribution in [3.63, 3.8) is 0 Å². The van der Waals surface area contributed by atoms with E-state index < -0.39 is 144 Å². The molecule has 0 aromatic heterocycles. The van der Waals surface area contributed by atoms with Gasteiger partial charge in [-0.05, 0) is 115 Å². The van der Waals surface area contributed by atoms with E-state index in [1.165, 1.54) is 36.4 Å². The Morgan fingerprint density at radius 3 is 0.876 bits per heavy atom. The Morgan fingerprint density at radius 1 is 0.236 bits per heavy atom. The van der Waals surface area contributed by atoms with Crippen LogP contribution >= 0.6 is 0 Å². The van der Waals surface area contributed by atoms with Crippen LogP contribution < -0.4 is 0 Å². The van der Waals surface area contributed by atoms with Gasteiger partial charge in [-0.1, -0.05) is 18.2 Å². The fourth-order valence-corrected chi connectivity index (χ4v) is 12.8. The minimum Gasteiger partial charge on any atom is -0.507 e. The van der Waals surface area contributed by atoms with Crippen LogP contribution in [0.4, 0.5) is 45.5 Å². The zero-order valence-corrected chi connectivity index (χ0v) is 49.0. The molecule has 0 heterocycles. The molecule has 0 atom stereocenters. The van der Waals surface area contributed by atoms with Crippen LogP contribution in [-0.4, -0.2) is 106 Å². The van der Waals surface area contributed by atoms with Gasteiger partial charge in [-0.25, -0.2) is 0 Å². The van der Waals surface area contributed by atoms with E-state index in [1.54, 1.807) is 0 Å². The van der Waals surface area contributed by atoms with Crippen molar-refractivity contribution in [3.05, 3.63) is 133 Å². The van der Waals surface area contributed by atoms with Crippen LogP contribution in [0.2, 0.25) is 0 Å². The number of fused-ring (bicyclic) bond motifs is 5. The van der Waals surface area contributed by atoms with Crippen LogP contribution in [0.3, 0.4) is 0 Å². The van der Waals surface area contributed by atoms with Gasteiger partial charge in [-0.2, -0.15) is 58.9 Å². The molecule has 0 fully saturated rings. The summed E-state index contributed by atoms with van der Waals surface area (Å²) in [5.74, 6) is -3.27. The van der Waals surface area contributed by atoms with Crippen molar-refractivity contribution in [1.82, 2.24) is 0 Å². The monoisotopic (exact) mass is 1350 g/mol. The third-order valence-corrected chi connectivity index (χ3v) is 19.0. The van der Waals surface area contributed by atoms with E-state index in [1.807, 2.05) is 0 Å². The van der Waals surface area contributed by atoms with Crippen molar-refractivity contribution in [2.75, 3.05) is 0 Å². The van der Waals surface area contributed by atoms with Crippen LogP contribution in [-0.2, 0) is 70.8 Å². The van der Waals surface area contributed by atoms with Gasteiger partial charge in [0.2, 0.25) is 0 Å². The summed E-state index contributed by atoms with van der Waals surface area (Å²) in [4.78, 5) is -6.07. The number of benzene rings is 10. The molecule has 39 heteroatoms. The van der Waals surface area contributed by atoms with Gasteiger partial charge in [0.25, 0.3) is 70.8 Å². The first kappa shape index (κ1) is 62.7. The first-order chi connectivity index (χ1) is 41.3. The number of nitrogens with zero attached hydrogens (tertiary/aromatic N) is 8. The van der Waals surface area contributed by atoms with Gasteiger partial charge in [0.1, 0.15) is 27.0 Å². The van der Waals surface area contributed by atoms with E-state index in [-0.39, 0.29) is 77.2 Å². The number of phenols is 3. The Balaban J connectivity index is 1.07. The summed E-state index contributed by atoms with van der Waals surface area (Å²) >= 11 is 0. The Kier molecular flexibility index (Phi) is 15.5. The summed E-state index contributed by atoms with van der Waals surface area (Å²) in [6.45, 7) is 0. The maximum atomic E-state index is 12.5. The predicted octanol–water partition coefficient (Wildman–Crippen LogP) is 11.0. The standard InChI is InChI=1S/C50H32N8O24S7/c59-44-21-28(87(74,75)76)16-23-15-27(86(71,72)73)20-42(47(23)44)57-53-38-10-12-40(34-18-25(84(65,66)67)3-6-31(34)38)55-51-36-8-11-39(33-17-24(83(62,63)64)1-4-29(33)36)54-52-37-9-13-41(35-19-26(85(68,69)70)2-5-30(35)37)56-58-43-22-46(89(80,81)82)49(60)32-7-14-45(88(77,78)79)50(61)48(32)43/h1-22,59-61H,(H,62,63,64)(H,65,66,67)(H,68,69,70)(H,71,72,73)(H,74,75,76)(H,77,78,79)(H,80,81,82). The molecule has 0 unspecified atom stereocenters. The molecule has 10 rings (SSSR count). The minimum absolute atomic E-state index is 0.0236. The van der Waals surface area contributed by atoms with Crippen molar-refractivity contribution in [2.45, 2.75) is 34.3 Å². The van der Waals surface area contributed by atoms with Crippen molar-refractivity contribution < 1.29 is 106 Å². The number of azo groups is 4. The first-order valence-corrected chi connectivity index (χ1v) is 33.9. The van der Waals surface area contributed by atoms with Gasteiger partial charge in [0.05, 0.1) is 80.7 Å². The van der Waals surface area contributed by atoms with E-state index >= 15 is 0 Å². The summed E-state index contributed by atoms with van der Waals surface area (Å²) in [7, 11) is -35.3. The molecule has 0 radical (unpaired) electrons. The molecule has 0 aliphatic heterocycles.